The van der Waals surface area contributed by atoms with E-state index in [9.17, 15) is 0 Å². The number of oxime groups is 1. The fraction of sp³-hybridized carbons (Fsp3) is 0.632. The molecular weight excluding hydrogens is 290 g/mol. The molecule has 23 heavy (non-hydrogen) atoms. The van der Waals surface area contributed by atoms with Gasteiger partial charge in [-0.05, 0) is 36.0 Å². The minimum absolute atomic E-state index is 0.149. The molecule has 1 aromatic carbocycles. The first kappa shape index (κ1) is 15.2. The highest BCUT2D eigenvalue weighted by molar-refractivity contribution is 6.01. The molecule has 0 aromatic heterocycles. The second-order valence-corrected chi connectivity index (χ2v) is 7.38. The summed E-state index contributed by atoms with van der Waals surface area (Å²) in [5.41, 5.74) is 3.48. The molecule has 1 saturated heterocycles. The first-order valence-corrected chi connectivity index (χ1v) is 8.73. The van der Waals surface area contributed by atoms with Crippen LogP contribution in [-0.4, -0.2) is 30.3 Å². The fourth-order valence-corrected chi connectivity index (χ4v) is 3.89. The first-order chi connectivity index (χ1) is 11.1. The summed E-state index contributed by atoms with van der Waals surface area (Å²) in [6.45, 7) is 5.88. The maximum atomic E-state index is 5.93. The van der Waals surface area contributed by atoms with Crippen molar-refractivity contribution < 1.29 is 14.3 Å². The second kappa shape index (κ2) is 5.60. The zero-order valence-electron chi connectivity index (χ0n) is 14.0. The summed E-state index contributed by atoms with van der Waals surface area (Å²) in [6, 6.07) is 8.69. The molecule has 4 rings (SSSR count). The summed E-state index contributed by atoms with van der Waals surface area (Å²) >= 11 is 0. The van der Waals surface area contributed by atoms with Crippen molar-refractivity contribution in [2.45, 2.75) is 63.3 Å². The number of ether oxygens (including phenoxy) is 2. The van der Waals surface area contributed by atoms with Crippen LogP contribution in [0.4, 0.5) is 0 Å². The maximum Gasteiger partial charge on any atom is 0.168 e. The molecule has 0 N–H and O–H groups in total. The molecule has 2 fully saturated rings. The van der Waals surface area contributed by atoms with E-state index in [4.69, 9.17) is 14.3 Å². The fourth-order valence-electron chi connectivity index (χ4n) is 3.89. The van der Waals surface area contributed by atoms with Crippen molar-refractivity contribution in [3.8, 4) is 0 Å². The average molecular weight is 315 g/mol. The number of benzene rings is 1. The van der Waals surface area contributed by atoms with Crippen molar-refractivity contribution in [2.75, 3.05) is 13.2 Å². The Kier molecular flexibility index (Phi) is 3.69. The van der Waals surface area contributed by atoms with Crippen LogP contribution >= 0.6 is 0 Å². The van der Waals surface area contributed by atoms with Gasteiger partial charge >= 0.3 is 0 Å². The molecule has 0 radical (unpaired) electrons. The Morgan fingerprint density at radius 3 is 2.48 bits per heavy atom. The number of hydrogen-bond acceptors (Lipinski definition) is 4. The molecule has 0 unspecified atom stereocenters. The van der Waals surface area contributed by atoms with E-state index in [1.54, 1.807) is 0 Å². The Morgan fingerprint density at radius 2 is 1.78 bits per heavy atom. The summed E-state index contributed by atoms with van der Waals surface area (Å²) in [6.07, 6.45) is 4.60. The highest BCUT2D eigenvalue weighted by atomic mass is 16.7. The van der Waals surface area contributed by atoms with Crippen LogP contribution < -0.4 is 0 Å². The summed E-state index contributed by atoms with van der Waals surface area (Å²) < 4.78 is 11.6. The smallest absolute Gasteiger partial charge is 0.168 e. The Bertz CT molecular complexity index is 607. The average Bonchev–Trinajstić information content (AvgIpc) is 3.19. The summed E-state index contributed by atoms with van der Waals surface area (Å²) in [4.78, 5) is 5.93. The topological polar surface area (TPSA) is 40.0 Å². The molecule has 0 amide bonds. The Balaban J connectivity index is 1.46. The lowest BCUT2D eigenvalue weighted by atomic mass is 9.78. The molecule has 124 valence electrons. The van der Waals surface area contributed by atoms with E-state index in [0.29, 0.717) is 5.92 Å². The third-order valence-electron chi connectivity index (χ3n) is 5.46. The second-order valence-electron chi connectivity index (χ2n) is 7.38. The normalized spacial score (nSPS) is 25.1. The third kappa shape index (κ3) is 2.79. The van der Waals surface area contributed by atoms with Crippen molar-refractivity contribution in [3.05, 3.63) is 35.4 Å². The van der Waals surface area contributed by atoms with E-state index < -0.39 is 0 Å². The molecule has 2 aliphatic heterocycles. The molecule has 1 saturated carbocycles. The van der Waals surface area contributed by atoms with Crippen LogP contribution in [0.25, 0.3) is 0 Å². The van der Waals surface area contributed by atoms with Crippen molar-refractivity contribution in [1.82, 2.24) is 0 Å². The predicted octanol–water partition coefficient (Wildman–Crippen LogP) is 3.99. The quantitative estimate of drug-likeness (QED) is 0.828. The van der Waals surface area contributed by atoms with Gasteiger partial charge < -0.3 is 14.3 Å². The molecule has 0 bridgehead atoms. The molecule has 4 heteroatoms. The van der Waals surface area contributed by atoms with Gasteiger partial charge in [-0.15, -0.1) is 0 Å². The van der Waals surface area contributed by atoms with Gasteiger partial charge in [0.05, 0.1) is 18.9 Å². The lowest BCUT2D eigenvalue weighted by molar-refractivity contribution is -0.206. The van der Waals surface area contributed by atoms with Crippen molar-refractivity contribution >= 4 is 5.71 Å². The van der Waals surface area contributed by atoms with Crippen LogP contribution in [0, 0.1) is 0 Å². The largest absolute Gasteiger partial charge is 0.389 e. The van der Waals surface area contributed by atoms with Gasteiger partial charge in [0.2, 0.25) is 0 Å². The van der Waals surface area contributed by atoms with Crippen LogP contribution in [0.1, 0.15) is 63.0 Å². The Hall–Kier alpha value is -1.39. The minimum atomic E-state index is -0.338. The monoisotopic (exact) mass is 315 g/mol. The van der Waals surface area contributed by atoms with Gasteiger partial charge in [0.1, 0.15) is 5.60 Å². The minimum Gasteiger partial charge on any atom is -0.389 e. The van der Waals surface area contributed by atoms with Crippen LogP contribution in [0.15, 0.2) is 29.4 Å². The number of rotatable bonds is 2. The van der Waals surface area contributed by atoms with Gasteiger partial charge in [-0.25, -0.2) is 0 Å². The molecular formula is C19H25NO3. The molecule has 3 aliphatic rings. The van der Waals surface area contributed by atoms with Crippen molar-refractivity contribution in [1.29, 1.82) is 0 Å². The number of nitrogens with zero attached hydrogens (tertiary/aromatic N) is 1. The zero-order valence-corrected chi connectivity index (χ0v) is 14.0. The summed E-state index contributed by atoms with van der Waals surface area (Å²) in [7, 11) is 0. The summed E-state index contributed by atoms with van der Waals surface area (Å²) in [5.74, 6) is 0.188. The van der Waals surface area contributed by atoms with Gasteiger partial charge in [-0.1, -0.05) is 37.2 Å². The Labute approximate surface area is 137 Å². The highest BCUT2D eigenvalue weighted by Gasteiger charge is 2.50. The van der Waals surface area contributed by atoms with Crippen molar-refractivity contribution in [3.63, 3.8) is 0 Å². The van der Waals surface area contributed by atoms with E-state index in [2.05, 4.69) is 43.3 Å². The third-order valence-corrected chi connectivity index (χ3v) is 5.46. The molecule has 0 atom stereocenters. The summed E-state index contributed by atoms with van der Waals surface area (Å²) in [5, 5.41) is 4.43. The van der Waals surface area contributed by atoms with E-state index in [0.717, 1.165) is 51.0 Å². The van der Waals surface area contributed by atoms with Gasteiger partial charge in [0.15, 0.2) is 5.79 Å². The molecule has 1 aliphatic carbocycles. The van der Waals surface area contributed by atoms with E-state index in [1.807, 2.05) is 0 Å². The van der Waals surface area contributed by atoms with Crippen molar-refractivity contribution in [2.24, 2.45) is 5.16 Å². The van der Waals surface area contributed by atoms with Gasteiger partial charge in [-0.2, -0.15) is 0 Å². The zero-order chi connectivity index (χ0) is 15.9. The van der Waals surface area contributed by atoms with E-state index >= 15 is 0 Å². The van der Waals surface area contributed by atoms with Gasteiger partial charge in [0.25, 0.3) is 0 Å². The van der Waals surface area contributed by atoms with Crippen LogP contribution in [0.5, 0.6) is 0 Å². The predicted molar refractivity (Wildman–Crippen MR) is 88.6 cm³/mol. The standard InChI is InChI=1S/C19H25NO3/c1-14(2)15-4-3-5-16(12-15)17-13-18(23-20-17)6-8-19(9-7-18)21-10-11-22-19/h3-5,12,14H,6-11,13H2,1-2H3. The molecule has 2 heterocycles. The van der Waals surface area contributed by atoms with E-state index in [1.165, 1.54) is 11.1 Å². The molecule has 4 nitrogen and oxygen atoms in total. The molecule has 1 aromatic rings. The number of hydrogen-bond donors (Lipinski definition) is 0. The van der Waals surface area contributed by atoms with Crippen LogP contribution in [-0.2, 0) is 14.3 Å². The molecule has 2 spiro atoms. The van der Waals surface area contributed by atoms with E-state index in [-0.39, 0.29) is 11.4 Å². The van der Waals surface area contributed by atoms with Gasteiger partial charge in [0, 0.05) is 19.3 Å². The maximum absolute atomic E-state index is 5.93. The van der Waals surface area contributed by atoms with Crippen LogP contribution in [0.2, 0.25) is 0 Å². The van der Waals surface area contributed by atoms with Crippen LogP contribution in [0.3, 0.4) is 0 Å². The van der Waals surface area contributed by atoms with Gasteiger partial charge in [-0.3, -0.25) is 0 Å². The Morgan fingerprint density at radius 1 is 1.04 bits per heavy atom. The first-order valence-electron chi connectivity index (χ1n) is 8.73. The lowest BCUT2D eigenvalue weighted by Crippen LogP contribution is -2.43. The highest BCUT2D eigenvalue weighted by Crippen LogP contribution is 2.46. The lowest BCUT2D eigenvalue weighted by Gasteiger charge is -2.39. The SMILES string of the molecule is CC(C)c1cccc(C2=NOC3(CCC4(CC3)OCCO4)C2)c1.